The van der Waals surface area contributed by atoms with Crippen LogP contribution in [0.2, 0.25) is 0 Å². The van der Waals surface area contributed by atoms with Crippen LogP contribution in [0.4, 0.5) is 4.79 Å². The standard InChI is InChI=1S/C33H41N3O7S.C2H6/c1-33(2,3)43-32(38)34(4)20-27(22-8-10-28(40-5)26(14-22)21-6-7-21)31(37)35-16-23-18-36(19-24(23)17-35)44(39)25-9-11-29-30(15-25)42-13-12-41-29;1-2/h8-11,14-15,21,27H,6-7,12-13,16-20H2,1-5H3;1-2H3. The molecular weight excluding hydrogens is 606 g/mol. The van der Waals surface area contributed by atoms with Gasteiger partial charge in [0.25, 0.3) is 0 Å². The number of amides is 2. The van der Waals surface area contributed by atoms with Crippen LogP contribution in [0.3, 0.4) is 0 Å². The fourth-order valence-electron chi connectivity index (χ4n) is 6.02. The number of methoxy groups -OCH3 is 1. The summed E-state index contributed by atoms with van der Waals surface area (Å²) in [5.41, 5.74) is 3.58. The highest BCUT2D eigenvalue weighted by molar-refractivity contribution is 7.82. The lowest BCUT2D eigenvalue weighted by atomic mass is 9.93. The van der Waals surface area contributed by atoms with Crippen LogP contribution in [-0.4, -0.2) is 96.0 Å². The molecule has 46 heavy (non-hydrogen) atoms. The van der Waals surface area contributed by atoms with Gasteiger partial charge in [-0.1, -0.05) is 26.0 Å². The van der Waals surface area contributed by atoms with E-state index in [2.05, 4.69) is 6.07 Å². The van der Waals surface area contributed by atoms with Crippen molar-refractivity contribution < 1.29 is 32.7 Å². The molecule has 2 aromatic carbocycles. The normalized spacial score (nSPS) is 18.7. The molecule has 6 rings (SSSR count). The first-order chi connectivity index (χ1) is 22.0. The SMILES string of the molecule is CC.COc1ccc(C(CN(C)C(=O)OC(C)(C)C)C(=O)N2CC3=C(C2)CN(S(=O)c2ccc4c(c2)OCCO4)C3)cc1C1CC1. The summed E-state index contributed by atoms with van der Waals surface area (Å²) < 4.78 is 37.9. The van der Waals surface area contributed by atoms with Gasteiger partial charge in [0.2, 0.25) is 5.91 Å². The van der Waals surface area contributed by atoms with Gasteiger partial charge in [0, 0.05) is 45.8 Å². The van der Waals surface area contributed by atoms with E-state index in [1.165, 1.54) is 4.90 Å². The quantitative estimate of drug-likeness (QED) is 0.347. The molecule has 3 aliphatic heterocycles. The summed E-state index contributed by atoms with van der Waals surface area (Å²) in [4.78, 5) is 31.2. The van der Waals surface area contributed by atoms with Crippen molar-refractivity contribution in [1.82, 2.24) is 14.1 Å². The van der Waals surface area contributed by atoms with Gasteiger partial charge >= 0.3 is 6.09 Å². The van der Waals surface area contributed by atoms with Gasteiger partial charge in [0.15, 0.2) is 11.5 Å². The first kappa shape index (κ1) is 33.8. The second kappa shape index (κ2) is 14.0. The summed E-state index contributed by atoms with van der Waals surface area (Å²) >= 11 is 0. The summed E-state index contributed by atoms with van der Waals surface area (Å²) in [7, 11) is 1.97. The summed E-state index contributed by atoms with van der Waals surface area (Å²) in [6.45, 7) is 12.6. The van der Waals surface area contributed by atoms with Crippen molar-refractivity contribution >= 4 is 23.0 Å². The number of hydrogen-bond donors (Lipinski definition) is 0. The average molecular weight is 654 g/mol. The topological polar surface area (TPSA) is 97.9 Å². The molecule has 1 fully saturated rings. The number of likely N-dealkylation sites (N-methyl/N-ethyl adjacent to an activating group) is 1. The van der Waals surface area contributed by atoms with Gasteiger partial charge in [0.1, 0.15) is 35.5 Å². The lowest BCUT2D eigenvalue weighted by molar-refractivity contribution is -0.132. The third-order valence-electron chi connectivity index (χ3n) is 8.39. The minimum atomic E-state index is -1.37. The number of carbonyl (C=O) groups excluding carboxylic acids is 2. The number of benzene rings is 2. The second-order valence-corrected chi connectivity index (χ2v) is 14.4. The maximum Gasteiger partial charge on any atom is 0.410 e. The lowest BCUT2D eigenvalue weighted by Crippen LogP contribution is -2.43. The molecule has 0 N–H and O–H groups in total. The monoisotopic (exact) mass is 653 g/mol. The molecule has 1 saturated carbocycles. The largest absolute Gasteiger partial charge is 0.496 e. The summed E-state index contributed by atoms with van der Waals surface area (Å²) in [6, 6.07) is 11.4. The molecule has 3 heterocycles. The van der Waals surface area contributed by atoms with Crippen LogP contribution in [0.5, 0.6) is 17.2 Å². The number of fused-ring (bicyclic) bond motifs is 1. The van der Waals surface area contributed by atoms with Crippen molar-refractivity contribution in [3.63, 3.8) is 0 Å². The molecule has 4 aliphatic rings. The molecule has 2 unspecified atom stereocenters. The van der Waals surface area contributed by atoms with E-state index in [1.807, 2.05) is 68.1 Å². The number of ether oxygens (including phenoxy) is 4. The predicted molar refractivity (Wildman–Crippen MR) is 177 cm³/mol. The Hall–Kier alpha value is -3.57. The molecule has 0 aromatic heterocycles. The smallest absolute Gasteiger partial charge is 0.410 e. The molecule has 1 aliphatic carbocycles. The Bertz CT molecular complexity index is 1500. The average Bonchev–Trinajstić information content (AvgIpc) is 3.71. The van der Waals surface area contributed by atoms with E-state index in [0.717, 1.165) is 40.9 Å². The third kappa shape index (κ3) is 7.52. The van der Waals surface area contributed by atoms with Crippen LogP contribution in [-0.2, 0) is 20.5 Å². The Morgan fingerprint density at radius 2 is 1.63 bits per heavy atom. The fourth-order valence-corrected chi connectivity index (χ4v) is 7.25. The van der Waals surface area contributed by atoms with Crippen molar-refractivity contribution in [3.05, 3.63) is 58.7 Å². The molecule has 250 valence electrons. The molecule has 0 bridgehead atoms. The number of rotatable bonds is 8. The molecule has 10 nitrogen and oxygen atoms in total. The van der Waals surface area contributed by atoms with E-state index in [9.17, 15) is 13.8 Å². The number of nitrogens with zero attached hydrogens (tertiary/aromatic N) is 3. The Labute approximate surface area is 275 Å². The van der Waals surface area contributed by atoms with Gasteiger partial charge in [-0.2, -0.15) is 0 Å². The van der Waals surface area contributed by atoms with Crippen LogP contribution in [0.15, 0.2) is 52.4 Å². The molecule has 0 radical (unpaired) electrons. The zero-order valence-corrected chi connectivity index (χ0v) is 28.9. The molecule has 2 aromatic rings. The zero-order valence-electron chi connectivity index (χ0n) is 28.1. The van der Waals surface area contributed by atoms with Crippen molar-refractivity contribution in [2.45, 2.75) is 69.8 Å². The van der Waals surface area contributed by atoms with Crippen LogP contribution < -0.4 is 14.2 Å². The minimum absolute atomic E-state index is 0.0405. The molecule has 0 spiro atoms. The van der Waals surface area contributed by atoms with Gasteiger partial charge in [0.05, 0.1) is 17.9 Å². The van der Waals surface area contributed by atoms with Crippen molar-refractivity contribution in [1.29, 1.82) is 0 Å². The predicted octanol–water partition coefficient (Wildman–Crippen LogP) is 5.50. The summed E-state index contributed by atoms with van der Waals surface area (Å²) in [5, 5.41) is 0. The highest BCUT2D eigenvalue weighted by Crippen LogP contribution is 2.45. The van der Waals surface area contributed by atoms with Gasteiger partial charge in [-0.3, -0.25) is 4.79 Å². The van der Waals surface area contributed by atoms with E-state index in [0.29, 0.717) is 61.7 Å². The summed E-state index contributed by atoms with van der Waals surface area (Å²) in [5.74, 6) is 1.93. The molecule has 11 heteroatoms. The third-order valence-corrected chi connectivity index (χ3v) is 9.78. The Morgan fingerprint density at radius 1 is 0.978 bits per heavy atom. The molecular formula is C35H47N3O7S. The summed E-state index contributed by atoms with van der Waals surface area (Å²) in [6.07, 6.45) is 1.73. The fraction of sp³-hybridized carbons (Fsp3) is 0.543. The van der Waals surface area contributed by atoms with E-state index < -0.39 is 28.6 Å². The van der Waals surface area contributed by atoms with Crippen LogP contribution in [0, 0.1) is 0 Å². The Morgan fingerprint density at radius 3 is 2.24 bits per heavy atom. The van der Waals surface area contributed by atoms with Crippen LogP contribution >= 0.6 is 0 Å². The van der Waals surface area contributed by atoms with Crippen molar-refractivity contribution in [3.8, 4) is 17.2 Å². The zero-order chi connectivity index (χ0) is 33.2. The first-order valence-corrected chi connectivity index (χ1v) is 17.3. The number of carbonyl (C=O) groups is 2. The lowest BCUT2D eigenvalue weighted by Gasteiger charge is -2.30. The van der Waals surface area contributed by atoms with Crippen molar-refractivity contribution in [2.75, 3.05) is 60.1 Å². The van der Waals surface area contributed by atoms with Gasteiger partial charge in [-0.25, -0.2) is 13.3 Å². The highest BCUT2D eigenvalue weighted by Gasteiger charge is 2.39. The minimum Gasteiger partial charge on any atom is -0.496 e. The molecule has 2 atom stereocenters. The Kier molecular flexibility index (Phi) is 10.3. The van der Waals surface area contributed by atoms with Crippen LogP contribution in [0.1, 0.15) is 70.4 Å². The van der Waals surface area contributed by atoms with Gasteiger partial charge < -0.3 is 28.7 Å². The van der Waals surface area contributed by atoms with Crippen LogP contribution in [0.25, 0.3) is 0 Å². The molecule has 0 saturated heterocycles. The second-order valence-electron chi connectivity index (χ2n) is 12.9. The first-order valence-electron chi connectivity index (χ1n) is 16.2. The van der Waals surface area contributed by atoms with E-state index >= 15 is 0 Å². The maximum absolute atomic E-state index is 14.2. The van der Waals surface area contributed by atoms with E-state index in [-0.39, 0.29) is 12.5 Å². The van der Waals surface area contributed by atoms with E-state index in [1.54, 1.807) is 20.2 Å². The van der Waals surface area contributed by atoms with Gasteiger partial charge in [-0.05, 0) is 80.0 Å². The highest BCUT2D eigenvalue weighted by atomic mass is 32.2. The Balaban J connectivity index is 0.00000204. The maximum atomic E-state index is 14.2. The number of hydrogen-bond acceptors (Lipinski definition) is 7. The van der Waals surface area contributed by atoms with Gasteiger partial charge in [-0.15, -0.1) is 0 Å². The van der Waals surface area contributed by atoms with E-state index in [4.69, 9.17) is 18.9 Å². The van der Waals surface area contributed by atoms with Crippen molar-refractivity contribution in [2.24, 2.45) is 0 Å². The molecule has 2 amide bonds.